The third-order valence-corrected chi connectivity index (χ3v) is 4.68. The Morgan fingerprint density at radius 1 is 1.53 bits per heavy atom. The summed E-state index contributed by atoms with van der Waals surface area (Å²) in [6.45, 7) is 4.44. The average molecular weight is 257 g/mol. The van der Waals surface area contributed by atoms with Crippen molar-refractivity contribution in [1.82, 2.24) is 19.8 Å². The van der Waals surface area contributed by atoms with Crippen LogP contribution in [0.15, 0.2) is 6.20 Å². The molecule has 2 aliphatic rings. The Bertz CT molecular complexity index is 538. The van der Waals surface area contributed by atoms with E-state index < -0.39 is 10.2 Å². The van der Waals surface area contributed by atoms with E-state index in [4.69, 9.17) is 0 Å². The van der Waals surface area contributed by atoms with Crippen LogP contribution < -0.4 is 14.3 Å². The molecule has 0 unspecified atom stereocenters. The van der Waals surface area contributed by atoms with Gasteiger partial charge in [0.25, 0.3) is 0 Å². The molecule has 3 heterocycles. The minimum Gasteiger partial charge on any atom is -0.307 e. The first kappa shape index (κ1) is 11.0. The van der Waals surface area contributed by atoms with Gasteiger partial charge in [0.15, 0.2) is 0 Å². The van der Waals surface area contributed by atoms with Crippen molar-refractivity contribution in [3.8, 4) is 0 Å². The minimum atomic E-state index is -3.35. The number of fused-ring (bicyclic) bond motifs is 1. The summed E-state index contributed by atoms with van der Waals surface area (Å²) in [6, 6.07) is 0.364. The zero-order valence-corrected chi connectivity index (χ0v) is 10.4. The normalized spacial score (nSPS) is 27.1. The van der Waals surface area contributed by atoms with E-state index in [2.05, 4.69) is 22.1 Å². The second-order valence-corrected chi connectivity index (χ2v) is 6.09. The maximum atomic E-state index is 11.8. The van der Waals surface area contributed by atoms with E-state index in [1.165, 1.54) is 4.31 Å². The van der Waals surface area contributed by atoms with Crippen LogP contribution in [0.25, 0.3) is 0 Å². The molecule has 3 rings (SSSR count). The summed E-state index contributed by atoms with van der Waals surface area (Å²) in [5, 5.41) is 7.57. The lowest BCUT2D eigenvalue weighted by Crippen LogP contribution is -2.38. The molecule has 0 amide bonds. The van der Waals surface area contributed by atoms with Crippen molar-refractivity contribution in [3.63, 3.8) is 0 Å². The summed E-state index contributed by atoms with van der Waals surface area (Å²) in [5.41, 5.74) is 1.63. The number of aromatic nitrogens is 2. The van der Waals surface area contributed by atoms with Gasteiger partial charge in [0.05, 0.1) is 24.1 Å². The van der Waals surface area contributed by atoms with Gasteiger partial charge in [-0.05, 0) is 6.92 Å². The molecule has 0 bridgehead atoms. The van der Waals surface area contributed by atoms with Crippen molar-refractivity contribution in [2.75, 3.05) is 17.4 Å². The summed E-state index contributed by atoms with van der Waals surface area (Å²) in [7, 11) is -3.35. The first-order chi connectivity index (χ1) is 8.08. The number of anilines is 1. The van der Waals surface area contributed by atoms with Gasteiger partial charge >= 0.3 is 10.2 Å². The quantitative estimate of drug-likeness (QED) is 0.678. The van der Waals surface area contributed by atoms with Crippen LogP contribution in [0.2, 0.25) is 0 Å². The number of hydrogen-bond donors (Lipinski definition) is 2. The number of nitrogens with one attached hydrogen (secondary N) is 2. The maximum Gasteiger partial charge on any atom is 0.301 e. The first-order valence-corrected chi connectivity index (χ1v) is 7.07. The molecule has 0 saturated carbocycles. The molecule has 7 nitrogen and oxygen atoms in total. The Kier molecular flexibility index (Phi) is 2.39. The molecule has 0 radical (unpaired) electrons. The predicted octanol–water partition coefficient (Wildman–Crippen LogP) is -0.971. The van der Waals surface area contributed by atoms with Crippen LogP contribution in [-0.2, 0) is 23.3 Å². The summed E-state index contributed by atoms with van der Waals surface area (Å²) in [6.07, 6.45) is 1.64. The van der Waals surface area contributed by atoms with Crippen molar-refractivity contribution in [1.29, 1.82) is 0 Å². The van der Waals surface area contributed by atoms with E-state index in [0.29, 0.717) is 31.4 Å². The molecule has 8 heteroatoms. The van der Waals surface area contributed by atoms with Crippen molar-refractivity contribution >= 4 is 15.9 Å². The van der Waals surface area contributed by atoms with Crippen LogP contribution in [0.5, 0.6) is 0 Å². The van der Waals surface area contributed by atoms with Gasteiger partial charge in [0, 0.05) is 25.7 Å². The van der Waals surface area contributed by atoms with E-state index in [1.807, 2.05) is 4.68 Å². The van der Waals surface area contributed by atoms with Gasteiger partial charge in [-0.2, -0.15) is 18.2 Å². The molecule has 1 saturated heterocycles. The number of nitrogens with zero attached hydrogens (tertiary/aromatic N) is 3. The summed E-state index contributed by atoms with van der Waals surface area (Å²) in [4.78, 5) is 0. The number of hydrogen-bond acceptors (Lipinski definition) is 4. The predicted molar refractivity (Wildman–Crippen MR) is 62.8 cm³/mol. The minimum absolute atomic E-state index is 0.364. The monoisotopic (exact) mass is 257 g/mol. The smallest absolute Gasteiger partial charge is 0.301 e. The van der Waals surface area contributed by atoms with Gasteiger partial charge in [-0.3, -0.25) is 8.99 Å². The lowest BCUT2D eigenvalue weighted by atomic mass is 10.2. The van der Waals surface area contributed by atoms with Crippen LogP contribution in [0.4, 0.5) is 5.69 Å². The molecule has 1 atom stereocenters. The van der Waals surface area contributed by atoms with Crippen LogP contribution in [0.3, 0.4) is 0 Å². The van der Waals surface area contributed by atoms with Crippen LogP contribution >= 0.6 is 0 Å². The molecule has 1 aromatic heterocycles. The molecule has 1 fully saturated rings. The third-order valence-electron chi connectivity index (χ3n) is 3.15. The van der Waals surface area contributed by atoms with E-state index in [9.17, 15) is 8.42 Å². The highest BCUT2D eigenvalue weighted by molar-refractivity contribution is 7.91. The Morgan fingerprint density at radius 2 is 2.35 bits per heavy atom. The summed E-state index contributed by atoms with van der Waals surface area (Å²) >= 11 is 0. The highest BCUT2D eigenvalue weighted by Crippen LogP contribution is 2.26. The molecule has 94 valence electrons. The molecule has 0 aromatic carbocycles. The molecule has 0 aliphatic carbocycles. The Labute approximate surface area is 100.0 Å². The van der Waals surface area contributed by atoms with Gasteiger partial charge in [0.2, 0.25) is 0 Å². The first-order valence-electron chi connectivity index (χ1n) is 5.63. The fraction of sp³-hybridized carbons (Fsp3) is 0.667. The average Bonchev–Trinajstić information content (AvgIpc) is 2.80. The Hall–Kier alpha value is -1.12. The fourth-order valence-electron chi connectivity index (χ4n) is 2.27. The van der Waals surface area contributed by atoms with Crippen molar-refractivity contribution in [2.24, 2.45) is 0 Å². The summed E-state index contributed by atoms with van der Waals surface area (Å²) < 4.78 is 29.3. The van der Waals surface area contributed by atoms with Gasteiger partial charge in [-0.25, -0.2) is 0 Å². The van der Waals surface area contributed by atoms with Gasteiger partial charge in [0.1, 0.15) is 0 Å². The van der Waals surface area contributed by atoms with Crippen LogP contribution in [-0.4, -0.2) is 37.3 Å². The van der Waals surface area contributed by atoms with E-state index >= 15 is 0 Å². The molecule has 2 N–H and O–H groups in total. The maximum absolute atomic E-state index is 11.8. The molecule has 1 aromatic rings. The van der Waals surface area contributed by atoms with Gasteiger partial charge in [-0.1, -0.05) is 0 Å². The second-order valence-electron chi connectivity index (χ2n) is 4.41. The largest absolute Gasteiger partial charge is 0.307 e. The molecular formula is C9H15N5O2S. The van der Waals surface area contributed by atoms with Gasteiger partial charge < -0.3 is 5.32 Å². The third kappa shape index (κ3) is 1.72. The van der Waals surface area contributed by atoms with Crippen molar-refractivity contribution in [2.45, 2.75) is 26.1 Å². The second kappa shape index (κ2) is 3.69. The van der Waals surface area contributed by atoms with Gasteiger partial charge in [-0.15, -0.1) is 0 Å². The Balaban J connectivity index is 2.00. The summed E-state index contributed by atoms with van der Waals surface area (Å²) in [5.74, 6) is 0. The highest BCUT2D eigenvalue weighted by atomic mass is 32.2. The molecule has 0 spiro atoms. The van der Waals surface area contributed by atoms with E-state index in [1.54, 1.807) is 6.20 Å². The lowest BCUT2D eigenvalue weighted by Gasteiger charge is -2.24. The van der Waals surface area contributed by atoms with Crippen LogP contribution in [0, 0.1) is 0 Å². The van der Waals surface area contributed by atoms with E-state index in [0.717, 1.165) is 12.2 Å². The van der Waals surface area contributed by atoms with Crippen LogP contribution in [0.1, 0.15) is 12.6 Å². The zero-order valence-electron chi connectivity index (χ0n) is 9.55. The fourth-order valence-corrected chi connectivity index (χ4v) is 3.52. The standard InChI is InChI=1S/C9H15N5O2S/c1-7-6-13-8(4-10-7)9(5-11-13)14-3-2-12-17(14,15)16/h5,7,10,12H,2-4,6H2,1H3/t7-/m0/s1. The zero-order chi connectivity index (χ0) is 12.0. The number of rotatable bonds is 1. The lowest BCUT2D eigenvalue weighted by molar-refractivity contribution is 0.389. The Morgan fingerprint density at radius 3 is 3.06 bits per heavy atom. The van der Waals surface area contributed by atoms with Crippen molar-refractivity contribution < 1.29 is 8.42 Å². The van der Waals surface area contributed by atoms with E-state index in [-0.39, 0.29) is 0 Å². The molecule has 2 aliphatic heterocycles. The van der Waals surface area contributed by atoms with Crippen molar-refractivity contribution in [3.05, 3.63) is 11.9 Å². The molecule has 17 heavy (non-hydrogen) atoms. The topological polar surface area (TPSA) is 79.3 Å². The SMILES string of the molecule is C[C@H]1Cn2ncc(N3CCNS3(=O)=O)c2CN1. The highest BCUT2D eigenvalue weighted by Gasteiger charge is 2.32. The molecular weight excluding hydrogens is 242 g/mol.